The predicted molar refractivity (Wildman–Crippen MR) is 94.6 cm³/mol. The highest BCUT2D eigenvalue weighted by atomic mass is 16.7. The Morgan fingerprint density at radius 3 is 2.20 bits per heavy atom. The summed E-state index contributed by atoms with van der Waals surface area (Å²) < 4.78 is 16.9. The molecule has 2 heterocycles. The molecular formula is C17H25BN2O5. The summed E-state index contributed by atoms with van der Waals surface area (Å²) in [7, 11) is -0.502. The van der Waals surface area contributed by atoms with E-state index in [2.05, 4.69) is 4.98 Å². The molecule has 0 aliphatic carbocycles. The largest absolute Gasteiger partial charge is 0.496 e. The fourth-order valence-corrected chi connectivity index (χ4v) is 2.39. The van der Waals surface area contributed by atoms with Crippen molar-refractivity contribution >= 4 is 30.3 Å². The van der Waals surface area contributed by atoms with Gasteiger partial charge in [-0.2, -0.15) is 0 Å². The van der Waals surface area contributed by atoms with Crippen molar-refractivity contribution in [2.45, 2.75) is 52.7 Å². The molecule has 0 bridgehead atoms. The minimum Gasteiger partial charge on any atom is -0.464 e. The average molecular weight is 348 g/mol. The van der Waals surface area contributed by atoms with Gasteiger partial charge in [0, 0.05) is 25.5 Å². The molecule has 0 aromatic carbocycles. The summed E-state index contributed by atoms with van der Waals surface area (Å²) in [5, 5.41) is 0. The summed E-state index contributed by atoms with van der Waals surface area (Å²) in [4.78, 5) is 28.5. The first kappa shape index (κ1) is 19.4. The Morgan fingerprint density at radius 2 is 1.76 bits per heavy atom. The first-order valence-corrected chi connectivity index (χ1v) is 8.26. The smallest absolute Gasteiger partial charge is 0.464 e. The lowest BCUT2D eigenvalue weighted by molar-refractivity contribution is -0.140. The molecule has 8 heteroatoms. The van der Waals surface area contributed by atoms with Crippen LogP contribution in [0.25, 0.3) is 0 Å². The van der Waals surface area contributed by atoms with E-state index in [-0.39, 0.29) is 25.0 Å². The third-order valence-corrected chi connectivity index (χ3v) is 4.57. The molecule has 25 heavy (non-hydrogen) atoms. The second-order valence-electron chi connectivity index (χ2n) is 7.05. The van der Waals surface area contributed by atoms with Crippen molar-refractivity contribution in [2.24, 2.45) is 0 Å². The van der Waals surface area contributed by atoms with Gasteiger partial charge in [-0.05, 0) is 33.8 Å². The van der Waals surface area contributed by atoms with Crippen molar-refractivity contribution in [3.05, 3.63) is 18.3 Å². The lowest BCUT2D eigenvalue weighted by atomic mass is 9.80. The molecule has 1 aromatic heterocycles. The number of nitrogens with zero attached hydrogens (tertiary/aromatic N) is 2. The van der Waals surface area contributed by atoms with E-state index in [1.165, 1.54) is 18.7 Å². The zero-order valence-corrected chi connectivity index (χ0v) is 15.7. The van der Waals surface area contributed by atoms with E-state index in [1.807, 2.05) is 33.8 Å². The number of esters is 1. The van der Waals surface area contributed by atoms with Gasteiger partial charge in [-0.3, -0.25) is 14.5 Å². The minimum atomic E-state index is -0.502. The third kappa shape index (κ3) is 4.38. The van der Waals surface area contributed by atoms with E-state index in [9.17, 15) is 9.59 Å². The molecule has 0 radical (unpaired) electrons. The van der Waals surface area contributed by atoms with Crippen LogP contribution in [0.1, 0.15) is 41.5 Å². The third-order valence-electron chi connectivity index (χ3n) is 4.57. The summed E-state index contributed by atoms with van der Waals surface area (Å²) in [6.07, 6.45) is 1.64. The Kier molecular flexibility index (Phi) is 5.54. The Morgan fingerprint density at radius 1 is 1.16 bits per heavy atom. The molecule has 1 saturated heterocycles. The van der Waals surface area contributed by atoms with Gasteiger partial charge in [0.15, 0.2) is 0 Å². The summed E-state index contributed by atoms with van der Waals surface area (Å²) in [6.45, 7) is 11.1. The fraction of sp³-hybridized carbons (Fsp3) is 0.588. The molecule has 1 aliphatic heterocycles. The molecule has 0 spiro atoms. The lowest BCUT2D eigenvalue weighted by Gasteiger charge is -2.32. The van der Waals surface area contributed by atoms with Crippen LogP contribution in [-0.4, -0.2) is 48.3 Å². The number of rotatable bonds is 5. The maximum absolute atomic E-state index is 11.8. The van der Waals surface area contributed by atoms with Gasteiger partial charge in [0.05, 0.1) is 17.7 Å². The maximum atomic E-state index is 11.8. The molecule has 1 aromatic rings. The first-order chi connectivity index (χ1) is 11.5. The molecule has 1 aliphatic rings. The van der Waals surface area contributed by atoms with Crippen molar-refractivity contribution < 1.29 is 23.6 Å². The number of anilines is 1. The predicted octanol–water partition coefficient (Wildman–Crippen LogP) is 1.30. The van der Waals surface area contributed by atoms with Gasteiger partial charge in [-0.15, -0.1) is 0 Å². The molecule has 0 N–H and O–H groups in total. The quantitative estimate of drug-likeness (QED) is 0.590. The monoisotopic (exact) mass is 348 g/mol. The van der Waals surface area contributed by atoms with Gasteiger partial charge in [0.25, 0.3) is 0 Å². The van der Waals surface area contributed by atoms with Crippen LogP contribution in [0.15, 0.2) is 18.3 Å². The number of ether oxygens (including phenoxy) is 1. The number of carbonyl (C=O) groups is 2. The number of amides is 1. The Balaban J connectivity index is 2.10. The summed E-state index contributed by atoms with van der Waals surface area (Å²) >= 11 is 0. The molecule has 0 saturated carbocycles. The van der Waals surface area contributed by atoms with Crippen LogP contribution in [0.2, 0.25) is 0 Å². The van der Waals surface area contributed by atoms with Crippen LogP contribution >= 0.6 is 0 Å². The molecule has 1 amide bonds. The summed E-state index contributed by atoms with van der Waals surface area (Å²) in [6, 6.07) is 3.56. The number of hydrogen-bond acceptors (Lipinski definition) is 6. The Labute approximate surface area is 148 Å². The van der Waals surface area contributed by atoms with Gasteiger partial charge < -0.3 is 14.0 Å². The highest BCUT2D eigenvalue weighted by Crippen LogP contribution is 2.36. The van der Waals surface area contributed by atoms with E-state index in [1.54, 1.807) is 12.3 Å². The topological polar surface area (TPSA) is 78.0 Å². The van der Waals surface area contributed by atoms with Crippen LogP contribution in [0, 0.1) is 0 Å². The zero-order valence-electron chi connectivity index (χ0n) is 15.7. The minimum absolute atomic E-state index is 0.121. The van der Waals surface area contributed by atoms with Crippen molar-refractivity contribution in [3.8, 4) is 0 Å². The van der Waals surface area contributed by atoms with E-state index in [0.29, 0.717) is 5.82 Å². The van der Waals surface area contributed by atoms with Gasteiger partial charge in [0.1, 0.15) is 12.4 Å². The van der Waals surface area contributed by atoms with E-state index < -0.39 is 18.3 Å². The van der Waals surface area contributed by atoms with E-state index in [4.69, 9.17) is 14.0 Å². The van der Waals surface area contributed by atoms with Crippen molar-refractivity contribution in [2.75, 3.05) is 18.1 Å². The zero-order chi connectivity index (χ0) is 18.8. The van der Waals surface area contributed by atoms with Crippen LogP contribution in [-0.2, 0) is 23.6 Å². The van der Waals surface area contributed by atoms with Crippen molar-refractivity contribution in [1.29, 1.82) is 0 Å². The second kappa shape index (κ2) is 7.13. The molecule has 1 fully saturated rings. The van der Waals surface area contributed by atoms with Crippen LogP contribution < -0.4 is 10.4 Å². The standard InChI is InChI=1S/C17H25BN2O5/c1-12(21)20(9-10-23-13(2)22)15-8-7-14(11-19-15)18-24-16(3,4)17(5,6)25-18/h7-8,11H,9-10H2,1-6H3. The van der Waals surface area contributed by atoms with Gasteiger partial charge in [0.2, 0.25) is 5.91 Å². The highest BCUT2D eigenvalue weighted by molar-refractivity contribution is 6.62. The molecule has 136 valence electrons. The van der Waals surface area contributed by atoms with Gasteiger partial charge >= 0.3 is 13.1 Å². The molecule has 2 rings (SSSR count). The SMILES string of the molecule is CC(=O)OCCN(C(C)=O)c1ccc(B2OC(C)(C)C(C)(C)O2)cn1. The Bertz CT molecular complexity index is 629. The normalized spacial score (nSPS) is 18.1. The number of hydrogen-bond donors (Lipinski definition) is 0. The van der Waals surface area contributed by atoms with E-state index >= 15 is 0 Å². The maximum Gasteiger partial charge on any atom is 0.496 e. The fourth-order valence-electron chi connectivity index (χ4n) is 2.39. The number of carbonyl (C=O) groups excluding carboxylic acids is 2. The molecule has 0 atom stereocenters. The van der Waals surface area contributed by atoms with Crippen LogP contribution in [0.4, 0.5) is 5.82 Å². The van der Waals surface area contributed by atoms with Gasteiger partial charge in [-0.1, -0.05) is 6.07 Å². The second-order valence-corrected chi connectivity index (χ2v) is 7.05. The molecular weight excluding hydrogens is 323 g/mol. The van der Waals surface area contributed by atoms with Crippen LogP contribution in [0.3, 0.4) is 0 Å². The molecule has 0 unspecified atom stereocenters. The lowest BCUT2D eigenvalue weighted by Crippen LogP contribution is -2.41. The number of pyridine rings is 1. The Hall–Kier alpha value is -1.93. The number of aromatic nitrogens is 1. The highest BCUT2D eigenvalue weighted by Gasteiger charge is 2.51. The van der Waals surface area contributed by atoms with Gasteiger partial charge in [-0.25, -0.2) is 4.98 Å². The first-order valence-electron chi connectivity index (χ1n) is 8.26. The van der Waals surface area contributed by atoms with Crippen molar-refractivity contribution in [1.82, 2.24) is 4.98 Å². The van der Waals surface area contributed by atoms with Crippen LogP contribution in [0.5, 0.6) is 0 Å². The van der Waals surface area contributed by atoms with Crippen molar-refractivity contribution in [3.63, 3.8) is 0 Å². The summed E-state index contributed by atoms with van der Waals surface area (Å²) in [5.74, 6) is -0.0736. The van der Waals surface area contributed by atoms with E-state index in [0.717, 1.165) is 5.46 Å². The average Bonchev–Trinajstić information content (AvgIpc) is 2.71. The molecule has 7 nitrogen and oxygen atoms in total. The summed E-state index contributed by atoms with van der Waals surface area (Å²) in [5.41, 5.74) is -0.0664.